The molecule has 0 radical (unpaired) electrons. The van der Waals surface area contributed by atoms with Crippen LogP contribution < -0.4 is 5.69 Å². The van der Waals surface area contributed by atoms with E-state index < -0.39 is 6.10 Å². The molecular weight excluding hydrogens is 281 g/mol. The molecule has 0 fully saturated rings. The first kappa shape index (κ1) is 14.8. The van der Waals surface area contributed by atoms with E-state index in [9.17, 15) is 14.3 Å². The number of aromatic nitrogens is 3. The highest BCUT2D eigenvalue weighted by atomic mass is 32.2. The van der Waals surface area contributed by atoms with Gasteiger partial charge in [-0.2, -0.15) is 0 Å². The lowest BCUT2D eigenvalue weighted by atomic mass is 10.1. The first-order chi connectivity index (χ1) is 9.43. The van der Waals surface area contributed by atoms with Crippen molar-refractivity contribution in [3.05, 3.63) is 39.6 Å². The van der Waals surface area contributed by atoms with E-state index in [0.717, 1.165) is 0 Å². The van der Waals surface area contributed by atoms with E-state index >= 15 is 0 Å². The van der Waals surface area contributed by atoms with Crippen molar-refractivity contribution in [1.82, 2.24) is 14.8 Å². The number of H-pyrrole nitrogens is 1. The van der Waals surface area contributed by atoms with Crippen molar-refractivity contribution in [1.29, 1.82) is 0 Å². The highest BCUT2D eigenvalue weighted by molar-refractivity contribution is 7.99. The topological polar surface area (TPSA) is 70.9 Å². The van der Waals surface area contributed by atoms with Gasteiger partial charge in [-0.3, -0.25) is 4.57 Å². The Morgan fingerprint density at radius 3 is 2.85 bits per heavy atom. The monoisotopic (exact) mass is 297 g/mol. The molecule has 1 aromatic heterocycles. The number of aliphatic hydroxyl groups excluding tert-OH is 1. The molecule has 1 aromatic carbocycles. The number of nitrogens with one attached hydrogen (secondary N) is 1. The summed E-state index contributed by atoms with van der Waals surface area (Å²) in [6, 6.07) is 2.98. The van der Waals surface area contributed by atoms with Gasteiger partial charge < -0.3 is 5.11 Å². The van der Waals surface area contributed by atoms with Gasteiger partial charge in [-0.15, -0.1) is 5.10 Å². The Kier molecular flexibility index (Phi) is 4.29. The molecule has 0 aliphatic rings. The smallest absolute Gasteiger partial charge is 0.343 e. The van der Waals surface area contributed by atoms with Gasteiger partial charge in [0.2, 0.25) is 0 Å². The third-order valence-corrected chi connectivity index (χ3v) is 4.05. The second kappa shape index (κ2) is 5.80. The van der Waals surface area contributed by atoms with Crippen molar-refractivity contribution < 1.29 is 9.50 Å². The third-order valence-electron chi connectivity index (χ3n) is 2.98. The van der Waals surface area contributed by atoms with Gasteiger partial charge in [0.25, 0.3) is 0 Å². The molecule has 5 nitrogen and oxygen atoms in total. The lowest BCUT2D eigenvalue weighted by Gasteiger charge is -2.13. The molecule has 0 spiro atoms. The molecule has 0 saturated carbocycles. The molecule has 0 aliphatic carbocycles. The number of hydrogen-bond acceptors (Lipinski definition) is 4. The normalized spacial score (nSPS) is 12.7. The summed E-state index contributed by atoms with van der Waals surface area (Å²) in [6.07, 6.45) is -0.798. The van der Waals surface area contributed by atoms with Crippen LogP contribution in [0.1, 0.15) is 31.1 Å². The first-order valence-corrected chi connectivity index (χ1v) is 7.06. The van der Waals surface area contributed by atoms with E-state index in [1.54, 1.807) is 19.9 Å². The van der Waals surface area contributed by atoms with Crippen molar-refractivity contribution in [2.24, 2.45) is 0 Å². The molecule has 7 heteroatoms. The standard InChI is InChI=1S/C13H16FN3O2S/c1-4-17-12(19)15-16-13(17)20-11-5-7(2)10(14)6-9(11)8(3)18/h5-6,8,18H,4H2,1-3H3,(H,15,19)/t8-/m1/s1. The number of aliphatic hydroxyl groups is 1. The molecule has 0 bridgehead atoms. The number of rotatable bonds is 4. The Balaban J connectivity index is 2.47. The fraction of sp³-hybridized carbons (Fsp3) is 0.385. The van der Waals surface area contributed by atoms with Gasteiger partial charge in [-0.25, -0.2) is 14.3 Å². The number of aryl methyl sites for hydroxylation is 1. The van der Waals surface area contributed by atoms with Gasteiger partial charge in [0, 0.05) is 11.4 Å². The van der Waals surface area contributed by atoms with E-state index in [-0.39, 0.29) is 11.5 Å². The molecule has 0 aliphatic heterocycles. The molecule has 0 amide bonds. The van der Waals surface area contributed by atoms with E-state index in [4.69, 9.17) is 0 Å². The maximum Gasteiger partial charge on any atom is 0.343 e. The Bertz CT molecular complexity index is 679. The molecule has 2 aromatic rings. The van der Waals surface area contributed by atoms with Gasteiger partial charge >= 0.3 is 5.69 Å². The van der Waals surface area contributed by atoms with Gasteiger partial charge in [-0.05, 0) is 55.8 Å². The van der Waals surface area contributed by atoms with Crippen LogP contribution in [0.4, 0.5) is 4.39 Å². The highest BCUT2D eigenvalue weighted by Crippen LogP contribution is 2.33. The average molecular weight is 297 g/mol. The average Bonchev–Trinajstić information content (AvgIpc) is 2.73. The molecule has 0 unspecified atom stereocenters. The van der Waals surface area contributed by atoms with Crippen molar-refractivity contribution in [2.45, 2.75) is 43.5 Å². The minimum atomic E-state index is -0.798. The van der Waals surface area contributed by atoms with Crippen molar-refractivity contribution >= 4 is 11.8 Å². The minimum absolute atomic E-state index is 0.285. The number of nitrogens with zero attached hydrogens (tertiary/aromatic N) is 2. The van der Waals surface area contributed by atoms with Crippen molar-refractivity contribution in [2.75, 3.05) is 0 Å². The predicted octanol–water partition coefficient (Wildman–Crippen LogP) is 2.24. The van der Waals surface area contributed by atoms with E-state index in [2.05, 4.69) is 10.2 Å². The fourth-order valence-corrected chi connectivity index (χ4v) is 3.04. The van der Waals surface area contributed by atoms with Gasteiger partial charge in [0.05, 0.1) is 6.10 Å². The first-order valence-electron chi connectivity index (χ1n) is 6.25. The van der Waals surface area contributed by atoms with Crippen molar-refractivity contribution in [3.8, 4) is 0 Å². The fourth-order valence-electron chi connectivity index (χ4n) is 1.84. The van der Waals surface area contributed by atoms with Crippen LogP contribution in [0.3, 0.4) is 0 Å². The number of benzene rings is 1. The largest absolute Gasteiger partial charge is 0.389 e. The summed E-state index contributed by atoms with van der Waals surface area (Å²) in [5.41, 5.74) is 0.682. The second-order valence-corrected chi connectivity index (χ2v) is 5.48. The lowest BCUT2D eigenvalue weighted by molar-refractivity contribution is 0.196. The van der Waals surface area contributed by atoms with E-state index in [1.807, 2.05) is 6.92 Å². The van der Waals surface area contributed by atoms with Crippen LogP contribution in [0.25, 0.3) is 0 Å². The number of hydrogen-bond donors (Lipinski definition) is 2. The van der Waals surface area contributed by atoms with Gasteiger partial charge in [0.1, 0.15) is 5.82 Å². The summed E-state index contributed by atoms with van der Waals surface area (Å²) in [5, 5.41) is 16.6. The van der Waals surface area contributed by atoms with Crippen LogP contribution in [0.5, 0.6) is 0 Å². The zero-order valence-corrected chi connectivity index (χ0v) is 12.3. The minimum Gasteiger partial charge on any atom is -0.389 e. The van der Waals surface area contributed by atoms with Crippen LogP contribution in [0.2, 0.25) is 0 Å². The van der Waals surface area contributed by atoms with E-state index in [0.29, 0.717) is 27.7 Å². The number of aromatic amines is 1. The molecular formula is C13H16FN3O2S. The maximum atomic E-state index is 13.6. The quantitative estimate of drug-likeness (QED) is 0.908. The van der Waals surface area contributed by atoms with Crippen LogP contribution in [0.15, 0.2) is 27.0 Å². The summed E-state index contributed by atoms with van der Waals surface area (Å²) in [4.78, 5) is 12.2. The summed E-state index contributed by atoms with van der Waals surface area (Å²) >= 11 is 1.23. The maximum absolute atomic E-state index is 13.6. The Morgan fingerprint density at radius 2 is 2.25 bits per heavy atom. The molecule has 20 heavy (non-hydrogen) atoms. The summed E-state index contributed by atoms with van der Waals surface area (Å²) in [5.74, 6) is -0.361. The van der Waals surface area contributed by atoms with Gasteiger partial charge in [0.15, 0.2) is 5.16 Å². The molecule has 1 heterocycles. The Hall–Kier alpha value is -1.60. The Labute approximate surface area is 119 Å². The highest BCUT2D eigenvalue weighted by Gasteiger charge is 2.16. The predicted molar refractivity (Wildman–Crippen MR) is 74.4 cm³/mol. The van der Waals surface area contributed by atoms with E-state index in [1.165, 1.54) is 22.4 Å². The summed E-state index contributed by atoms with van der Waals surface area (Å²) in [7, 11) is 0. The van der Waals surface area contributed by atoms with Crippen LogP contribution >= 0.6 is 11.8 Å². The van der Waals surface area contributed by atoms with Crippen LogP contribution in [-0.2, 0) is 6.54 Å². The summed E-state index contributed by atoms with van der Waals surface area (Å²) in [6.45, 7) is 5.56. The molecule has 2 N–H and O–H groups in total. The molecule has 2 rings (SSSR count). The molecule has 0 saturated heterocycles. The number of halogens is 1. The van der Waals surface area contributed by atoms with Gasteiger partial charge in [-0.1, -0.05) is 0 Å². The lowest BCUT2D eigenvalue weighted by Crippen LogP contribution is -2.16. The third kappa shape index (κ3) is 2.78. The Morgan fingerprint density at radius 1 is 1.55 bits per heavy atom. The van der Waals surface area contributed by atoms with Crippen LogP contribution in [0, 0.1) is 12.7 Å². The zero-order valence-electron chi connectivity index (χ0n) is 11.5. The van der Waals surface area contributed by atoms with Crippen molar-refractivity contribution in [3.63, 3.8) is 0 Å². The van der Waals surface area contributed by atoms with Crippen LogP contribution in [-0.4, -0.2) is 19.9 Å². The summed E-state index contributed by atoms with van der Waals surface area (Å²) < 4.78 is 15.1. The zero-order chi connectivity index (χ0) is 14.9. The molecule has 108 valence electrons. The SMILES string of the molecule is CCn1c(Sc2cc(C)c(F)cc2[C@@H](C)O)n[nH]c1=O. The second-order valence-electron chi connectivity index (χ2n) is 4.47. The molecule has 1 atom stereocenters.